The Morgan fingerprint density at radius 2 is 1.90 bits per heavy atom. The molecule has 2 aliphatic rings. The Hall–Kier alpha value is -1.30. The van der Waals surface area contributed by atoms with Crippen LogP contribution in [-0.4, -0.2) is 64.8 Å². The molecule has 0 saturated carbocycles. The summed E-state index contributed by atoms with van der Waals surface area (Å²) in [6.45, 7) is 8.77. The second kappa shape index (κ2) is 5.24. The largest absolute Gasteiger partial charge is 0.444 e. The number of aliphatic hydroxyl groups is 1. The van der Waals surface area contributed by atoms with Crippen molar-refractivity contribution in [3.05, 3.63) is 0 Å². The first-order valence-electron chi connectivity index (χ1n) is 7.09. The monoisotopic (exact) mass is 284 g/mol. The number of carbonyl (C=O) groups excluding carboxylic acids is 2. The topological polar surface area (TPSA) is 70.1 Å². The van der Waals surface area contributed by atoms with Crippen molar-refractivity contribution in [3.63, 3.8) is 0 Å². The molecule has 6 nitrogen and oxygen atoms in total. The van der Waals surface area contributed by atoms with Gasteiger partial charge in [0.2, 0.25) is 5.91 Å². The van der Waals surface area contributed by atoms with Crippen molar-refractivity contribution < 1.29 is 19.4 Å². The molecule has 2 amide bonds. The second-order valence-electron chi connectivity index (χ2n) is 6.73. The van der Waals surface area contributed by atoms with Gasteiger partial charge in [0.15, 0.2) is 0 Å². The molecule has 2 saturated heterocycles. The highest BCUT2D eigenvalue weighted by Crippen LogP contribution is 2.36. The third-order valence-electron chi connectivity index (χ3n) is 4.08. The summed E-state index contributed by atoms with van der Waals surface area (Å²) in [5.41, 5.74) is -0.541. The molecule has 6 heteroatoms. The predicted octanol–water partition coefficient (Wildman–Crippen LogP) is 0.693. The highest BCUT2D eigenvalue weighted by Gasteiger charge is 2.49. The molecule has 3 unspecified atom stereocenters. The molecule has 2 aliphatic heterocycles. The van der Waals surface area contributed by atoms with Gasteiger partial charge in [0.1, 0.15) is 5.60 Å². The van der Waals surface area contributed by atoms with Crippen molar-refractivity contribution in [2.24, 2.45) is 11.8 Å². The van der Waals surface area contributed by atoms with Crippen LogP contribution in [0.15, 0.2) is 0 Å². The Balaban J connectivity index is 2.05. The van der Waals surface area contributed by atoms with Gasteiger partial charge in [-0.05, 0) is 20.8 Å². The molecule has 114 valence electrons. The van der Waals surface area contributed by atoms with E-state index in [0.717, 1.165) is 0 Å². The second-order valence-corrected chi connectivity index (χ2v) is 6.73. The molecule has 2 heterocycles. The summed E-state index contributed by atoms with van der Waals surface area (Å²) in [7, 11) is 0. The zero-order valence-electron chi connectivity index (χ0n) is 12.6. The number of hydrogen-bond acceptors (Lipinski definition) is 4. The molecule has 0 radical (unpaired) electrons. The molecule has 0 aromatic heterocycles. The van der Waals surface area contributed by atoms with Crippen molar-refractivity contribution in [1.82, 2.24) is 9.80 Å². The lowest BCUT2D eigenvalue weighted by Crippen LogP contribution is -2.45. The lowest BCUT2D eigenvalue weighted by Gasteiger charge is -2.30. The van der Waals surface area contributed by atoms with E-state index in [2.05, 4.69) is 0 Å². The third kappa shape index (κ3) is 2.90. The molecule has 0 spiro atoms. The maximum Gasteiger partial charge on any atom is 0.410 e. The minimum atomic E-state index is -0.541. The van der Waals surface area contributed by atoms with Gasteiger partial charge >= 0.3 is 6.09 Å². The van der Waals surface area contributed by atoms with E-state index in [1.165, 1.54) is 0 Å². The Bertz CT molecular complexity index is 404. The fourth-order valence-electron chi connectivity index (χ4n) is 3.17. The van der Waals surface area contributed by atoms with Gasteiger partial charge in [-0.15, -0.1) is 0 Å². The van der Waals surface area contributed by atoms with Crippen LogP contribution in [0.4, 0.5) is 4.79 Å². The molecule has 0 aromatic carbocycles. The number of ether oxygens (including phenoxy) is 1. The van der Waals surface area contributed by atoms with Crippen LogP contribution < -0.4 is 0 Å². The number of aliphatic hydroxyl groups excluding tert-OH is 1. The van der Waals surface area contributed by atoms with E-state index < -0.39 is 5.60 Å². The summed E-state index contributed by atoms with van der Waals surface area (Å²) in [5.74, 6) is 0.444. The first-order valence-corrected chi connectivity index (χ1v) is 7.09. The average Bonchev–Trinajstić information content (AvgIpc) is 2.82. The summed E-state index contributed by atoms with van der Waals surface area (Å²) in [5, 5.41) is 9.60. The predicted molar refractivity (Wildman–Crippen MR) is 73.0 cm³/mol. The van der Waals surface area contributed by atoms with E-state index in [9.17, 15) is 14.7 Å². The number of nitrogens with zero attached hydrogens (tertiary/aromatic N) is 2. The number of likely N-dealkylation sites (tertiary alicyclic amines) is 2. The van der Waals surface area contributed by atoms with Crippen LogP contribution >= 0.6 is 0 Å². The van der Waals surface area contributed by atoms with Crippen molar-refractivity contribution in [1.29, 1.82) is 0 Å². The molecule has 0 bridgehead atoms. The van der Waals surface area contributed by atoms with Crippen LogP contribution in [0.5, 0.6) is 0 Å². The van der Waals surface area contributed by atoms with Crippen LogP contribution in [0.1, 0.15) is 27.7 Å². The number of hydrogen-bond donors (Lipinski definition) is 1. The standard InChI is InChI=1S/C14H24N2O4/c1-9(18)15-5-10-6-16(12(8-17)11(10)7-15)13(19)20-14(2,3)4/h10-12,17H,5-8H2,1-4H3. The summed E-state index contributed by atoms with van der Waals surface area (Å²) in [4.78, 5) is 27.0. The van der Waals surface area contributed by atoms with Crippen molar-refractivity contribution in [2.75, 3.05) is 26.2 Å². The van der Waals surface area contributed by atoms with E-state index >= 15 is 0 Å². The Morgan fingerprint density at radius 3 is 2.40 bits per heavy atom. The summed E-state index contributed by atoms with van der Waals surface area (Å²) < 4.78 is 5.39. The van der Waals surface area contributed by atoms with Crippen LogP contribution in [0.25, 0.3) is 0 Å². The van der Waals surface area contributed by atoms with Gasteiger partial charge in [0.05, 0.1) is 12.6 Å². The van der Waals surface area contributed by atoms with Gasteiger partial charge in [-0.3, -0.25) is 4.79 Å². The first kappa shape index (κ1) is 15.1. The highest BCUT2D eigenvalue weighted by atomic mass is 16.6. The Kier molecular flexibility index (Phi) is 3.95. The van der Waals surface area contributed by atoms with Gasteiger partial charge < -0.3 is 19.6 Å². The molecule has 0 aliphatic carbocycles. The molecule has 3 atom stereocenters. The van der Waals surface area contributed by atoms with Gasteiger partial charge in [-0.2, -0.15) is 0 Å². The molecule has 0 aromatic rings. The number of fused-ring (bicyclic) bond motifs is 1. The maximum atomic E-state index is 12.2. The van der Waals surface area contributed by atoms with E-state index in [-0.39, 0.29) is 36.5 Å². The zero-order valence-corrected chi connectivity index (χ0v) is 12.6. The molecule has 20 heavy (non-hydrogen) atoms. The normalized spacial score (nSPS) is 29.6. The first-order chi connectivity index (χ1) is 9.23. The van der Waals surface area contributed by atoms with Crippen LogP contribution in [-0.2, 0) is 9.53 Å². The molecule has 2 fully saturated rings. The van der Waals surface area contributed by atoms with Crippen LogP contribution in [0.2, 0.25) is 0 Å². The Morgan fingerprint density at radius 1 is 1.25 bits per heavy atom. The van der Waals surface area contributed by atoms with E-state index in [4.69, 9.17) is 4.74 Å². The average molecular weight is 284 g/mol. The third-order valence-corrected chi connectivity index (χ3v) is 4.08. The van der Waals surface area contributed by atoms with Crippen molar-refractivity contribution in [2.45, 2.75) is 39.3 Å². The minimum absolute atomic E-state index is 0.0555. The Labute approximate surface area is 119 Å². The fraction of sp³-hybridized carbons (Fsp3) is 0.857. The van der Waals surface area contributed by atoms with Gasteiger partial charge in [-0.1, -0.05) is 0 Å². The van der Waals surface area contributed by atoms with Crippen molar-refractivity contribution in [3.8, 4) is 0 Å². The molecular weight excluding hydrogens is 260 g/mol. The SMILES string of the molecule is CC(=O)N1CC2CN(C(=O)OC(C)(C)C)C(CO)C2C1. The smallest absolute Gasteiger partial charge is 0.410 e. The van der Waals surface area contributed by atoms with Gasteiger partial charge in [0.25, 0.3) is 0 Å². The summed E-state index contributed by atoms with van der Waals surface area (Å²) >= 11 is 0. The van der Waals surface area contributed by atoms with Crippen molar-refractivity contribution >= 4 is 12.0 Å². The van der Waals surface area contributed by atoms with Crippen LogP contribution in [0.3, 0.4) is 0 Å². The number of amides is 2. The fourth-order valence-corrected chi connectivity index (χ4v) is 3.17. The maximum absolute atomic E-state index is 12.2. The van der Waals surface area contributed by atoms with E-state index in [0.29, 0.717) is 19.6 Å². The number of carbonyl (C=O) groups is 2. The van der Waals surface area contributed by atoms with E-state index in [1.807, 2.05) is 20.8 Å². The molecule has 1 N–H and O–H groups in total. The summed E-state index contributed by atoms with van der Waals surface area (Å²) in [6.07, 6.45) is -0.375. The highest BCUT2D eigenvalue weighted by molar-refractivity contribution is 5.74. The lowest BCUT2D eigenvalue weighted by atomic mass is 9.95. The summed E-state index contributed by atoms with van der Waals surface area (Å²) in [6, 6.07) is -0.251. The van der Waals surface area contributed by atoms with Gasteiger partial charge in [-0.25, -0.2) is 4.79 Å². The van der Waals surface area contributed by atoms with Crippen LogP contribution in [0, 0.1) is 11.8 Å². The molecular formula is C14H24N2O4. The van der Waals surface area contributed by atoms with E-state index in [1.54, 1.807) is 16.7 Å². The number of rotatable bonds is 1. The molecule has 2 rings (SSSR count). The lowest BCUT2D eigenvalue weighted by molar-refractivity contribution is -0.128. The zero-order chi connectivity index (χ0) is 15.1. The quantitative estimate of drug-likeness (QED) is 0.769. The van der Waals surface area contributed by atoms with Gasteiger partial charge in [0, 0.05) is 38.4 Å². The minimum Gasteiger partial charge on any atom is -0.444 e.